The van der Waals surface area contributed by atoms with Crippen molar-refractivity contribution in [3.05, 3.63) is 118 Å². The molecule has 0 bridgehead atoms. The fourth-order valence-electron chi connectivity index (χ4n) is 4.44. The molecule has 8 nitrogen and oxygen atoms in total. The van der Waals surface area contributed by atoms with E-state index in [1.54, 1.807) is 78.1 Å². The number of pyridine rings is 2. The molecule has 2 aromatic carbocycles. The summed E-state index contributed by atoms with van der Waals surface area (Å²) < 4.78 is 0. The monoisotopic (exact) mass is 539 g/mol. The van der Waals surface area contributed by atoms with E-state index in [4.69, 9.17) is 11.6 Å². The number of hydrogen-bond donors (Lipinski definition) is 2. The maximum Gasteiger partial charge on any atom is 0.256 e. The maximum atomic E-state index is 13.7. The zero-order valence-corrected chi connectivity index (χ0v) is 22.0. The van der Waals surface area contributed by atoms with Gasteiger partial charge in [0.05, 0.1) is 11.3 Å². The number of halogens is 1. The van der Waals surface area contributed by atoms with Gasteiger partial charge in [-0.15, -0.1) is 0 Å². The number of nitrogens with zero attached hydrogens (tertiary/aromatic N) is 3. The first-order chi connectivity index (χ1) is 18.9. The van der Waals surface area contributed by atoms with Gasteiger partial charge in [0.2, 0.25) is 5.91 Å². The first-order valence-corrected chi connectivity index (χ1v) is 12.9. The molecule has 9 heteroatoms. The van der Waals surface area contributed by atoms with E-state index in [9.17, 15) is 14.4 Å². The molecule has 39 heavy (non-hydrogen) atoms. The lowest BCUT2D eigenvalue weighted by atomic mass is 10.0. The van der Waals surface area contributed by atoms with E-state index in [-0.39, 0.29) is 30.7 Å². The Balaban J connectivity index is 1.39. The lowest BCUT2D eigenvalue weighted by Crippen LogP contribution is -2.46. The summed E-state index contributed by atoms with van der Waals surface area (Å²) in [5.74, 6) is -0.425. The van der Waals surface area contributed by atoms with Crippen molar-refractivity contribution < 1.29 is 14.4 Å². The molecule has 0 spiro atoms. The lowest BCUT2D eigenvalue weighted by Gasteiger charge is -2.29. The molecule has 4 aromatic rings. The Hall–Kier alpha value is -4.56. The minimum Gasteiger partial charge on any atom is -0.323 e. The molecule has 5 rings (SSSR count). The highest BCUT2D eigenvalue weighted by atomic mass is 35.5. The van der Waals surface area contributed by atoms with E-state index in [0.717, 1.165) is 23.1 Å². The number of fused-ring (bicyclic) bond motifs is 1. The summed E-state index contributed by atoms with van der Waals surface area (Å²) in [6.45, 7) is 2.21. The van der Waals surface area contributed by atoms with Gasteiger partial charge < -0.3 is 15.5 Å². The second-order valence-corrected chi connectivity index (χ2v) is 9.69. The van der Waals surface area contributed by atoms with Gasteiger partial charge in [-0.1, -0.05) is 42.8 Å². The van der Waals surface area contributed by atoms with Gasteiger partial charge in [0.1, 0.15) is 11.9 Å². The molecule has 1 aliphatic heterocycles. The smallest absolute Gasteiger partial charge is 0.256 e. The Morgan fingerprint density at radius 3 is 2.49 bits per heavy atom. The van der Waals surface area contributed by atoms with E-state index in [2.05, 4.69) is 20.6 Å². The number of amides is 3. The highest BCUT2D eigenvalue weighted by Gasteiger charge is 2.35. The summed E-state index contributed by atoms with van der Waals surface area (Å²) >= 11 is 6.14. The summed E-state index contributed by atoms with van der Waals surface area (Å²) in [7, 11) is 0. The Labute approximate surface area is 231 Å². The van der Waals surface area contributed by atoms with Crippen molar-refractivity contribution >= 4 is 40.8 Å². The standard InChI is InChI=1S/C30H26ClN5O3/c1-2-19-7-12-27(33-17-19)35-28(37)22-8-5-20(6-9-22)18-36-26(14-21-4-3-13-32-16-21)29(38)34-25-15-23(31)10-11-24(25)30(36)39/h3-13,15-17,26H,2,14,18H2,1H3,(H,34,38)(H,33,35,37). The van der Waals surface area contributed by atoms with Crippen LogP contribution in [0.2, 0.25) is 5.02 Å². The van der Waals surface area contributed by atoms with Crippen LogP contribution in [0.4, 0.5) is 11.5 Å². The number of anilines is 2. The minimum atomic E-state index is -0.784. The summed E-state index contributed by atoms with van der Waals surface area (Å²) in [4.78, 5) is 49.8. The number of benzene rings is 2. The van der Waals surface area contributed by atoms with Gasteiger partial charge in [0.25, 0.3) is 11.8 Å². The fourth-order valence-corrected chi connectivity index (χ4v) is 4.61. The molecule has 1 aliphatic rings. The molecule has 3 heterocycles. The van der Waals surface area contributed by atoms with Crippen molar-refractivity contribution in [2.75, 3.05) is 10.6 Å². The number of aryl methyl sites for hydroxylation is 1. The molecule has 0 aliphatic carbocycles. The largest absolute Gasteiger partial charge is 0.323 e. The third-order valence-corrected chi connectivity index (χ3v) is 6.84. The number of carbonyl (C=O) groups excluding carboxylic acids is 3. The Morgan fingerprint density at radius 1 is 1.00 bits per heavy atom. The maximum absolute atomic E-state index is 13.7. The summed E-state index contributed by atoms with van der Waals surface area (Å²) in [5, 5.41) is 6.09. The Kier molecular flexibility index (Phi) is 7.65. The van der Waals surface area contributed by atoms with Gasteiger partial charge in [-0.2, -0.15) is 0 Å². The molecule has 0 saturated carbocycles. The van der Waals surface area contributed by atoms with Crippen LogP contribution in [-0.4, -0.2) is 38.6 Å². The predicted molar refractivity (Wildman–Crippen MR) is 150 cm³/mol. The van der Waals surface area contributed by atoms with Crippen LogP contribution >= 0.6 is 11.6 Å². The molecule has 1 atom stereocenters. The summed E-state index contributed by atoms with van der Waals surface area (Å²) in [6, 6.07) is 18.3. The zero-order valence-electron chi connectivity index (χ0n) is 21.2. The van der Waals surface area contributed by atoms with Crippen LogP contribution in [0.1, 0.15) is 44.3 Å². The van der Waals surface area contributed by atoms with E-state index < -0.39 is 6.04 Å². The number of carbonyl (C=O) groups is 3. The van der Waals surface area contributed by atoms with Gasteiger partial charge in [-0.05, 0) is 65.6 Å². The van der Waals surface area contributed by atoms with Gasteiger partial charge in [-0.25, -0.2) is 4.98 Å². The zero-order chi connectivity index (χ0) is 27.4. The van der Waals surface area contributed by atoms with Crippen molar-refractivity contribution in [2.45, 2.75) is 32.4 Å². The van der Waals surface area contributed by atoms with Crippen molar-refractivity contribution in [1.82, 2.24) is 14.9 Å². The van der Waals surface area contributed by atoms with Crippen LogP contribution in [0, 0.1) is 0 Å². The molecule has 2 aromatic heterocycles. The van der Waals surface area contributed by atoms with Crippen molar-refractivity contribution in [3.8, 4) is 0 Å². The minimum absolute atomic E-state index is 0.168. The summed E-state index contributed by atoms with van der Waals surface area (Å²) in [5.41, 5.74) is 3.87. The molecule has 0 fully saturated rings. The van der Waals surface area contributed by atoms with Crippen molar-refractivity contribution in [3.63, 3.8) is 0 Å². The van der Waals surface area contributed by atoms with Crippen LogP contribution in [0.25, 0.3) is 0 Å². The van der Waals surface area contributed by atoms with E-state index in [0.29, 0.717) is 27.7 Å². The van der Waals surface area contributed by atoms with Crippen LogP contribution in [-0.2, 0) is 24.2 Å². The topological polar surface area (TPSA) is 104 Å². The third kappa shape index (κ3) is 5.97. The van der Waals surface area contributed by atoms with Crippen molar-refractivity contribution in [1.29, 1.82) is 0 Å². The summed E-state index contributed by atoms with van der Waals surface area (Å²) in [6.07, 6.45) is 6.24. The lowest BCUT2D eigenvalue weighted by molar-refractivity contribution is -0.120. The number of aromatic nitrogens is 2. The molecular formula is C30H26ClN5O3. The molecule has 2 N–H and O–H groups in total. The molecule has 196 valence electrons. The van der Waals surface area contributed by atoms with Gasteiger partial charge in [-0.3, -0.25) is 19.4 Å². The van der Waals surface area contributed by atoms with E-state index >= 15 is 0 Å². The highest BCUT2D eigenvalue weighted by molar-refractivity contribution is 6.31. The van der Waals surface area contributed by atoms with Gasteiger partial charge >= 0.3 is 0 Å². The average molecular weight is 540 g/mol. The third-order valence-electron chi connectivity index (χ3n) is 6.61. The quantitative estimate of drug-likeness (QED) is 0.338. The predicted octanol–water partition coefficient (Wildman–Crippen LogP) is 5.15. The van der Waals surface area contributed by atoms with Crippen LogP contribution in [0.15, 0.2) is 85.3 Å². The molecule has 3 amide bonds. The van der Waals surface area contributed by atoms with Gasteiger partial charge in [0.15, 0.2) is 0 Å². The Morgan fingerprint density at radius 2 is 1.79 bits per heavy atom. The number of rotatable bonds is 7. The molecule has 1 unspecified atom stereocenters. The first-order valence-electron chi connectivity index (χ1n) is 12.6. The van der Waals surface area contributed by atoms with Gasteiger partial charge in [0, 0.05) is 42.1 Å². The number of hydrogen-bond acceptors (Lipinski definition) is 5. The molecule has 0 radical (unpaired) electrons. The highest BCUT2D eigenvalue weighted by Crippen LogP contribution is 2.29. The molecule has 0 saturated heterocycles. The van der Waals surface area contributed by atoms with Crippen LogP contribution in [0.5, 0.6) is 0 Å². The van der Waals surface area contributed by atoms with E-state index in [1.165, 1.54) is 0 Å². The Bertz CT molecular complexity index is 1510. The normalized spacial score (nSPS) is 14.8. The van der Waals surface area contributed by atoms with Crippen LogP contribution < -0.4 is 10.6 Å². The van der Waals surface area contributed by atoms with E-state index in [1.807, 2.05) is 19.1 Å². The second kappa shape index (κ2) is 11.4. The van der Waals surface area contributed by atoms with Crippen molar-refractivity contribution in [2.24, 2.45) is 0 Å². The second-order valence-electron chi connectivity index (χ2n) is 9.25. The average Bonchev–Trinajstić information content (AvgIpc) is 3.04. The SMILES string of the molecule is CCc1ccc(NC(=O)c2ccc(CN3C(=O)c4ccc(Cl)cc4NC(=O)C3Cc3cccnc3)cc2)nc1. The first kappa shape index (κ1) is 26.1. The van der Waals surface area contributed by atoms with Crippen LogP contribution in [0.3, 0.4) is 0 Å². The fraction of sp³-hybridized carbons (Fsp3) is 0.167. The molecular weight excluding hydrogens is 514 g/mol. The number of nitrogens with one attached hydrogen (secondary N) is 2.